The van der Waals surface area contributed by atoms with Crippen molar-refractivity contribution in [1.82, 2.24) is 30.9 Å². The molecular weight excluding hydrogens is 536 g/mol. The number of benzene rings is 3. The zero-order valence-corrected chi connectivity index (χ0v) is 23.7. The van der Waals surface area contributed by atoms with Gasteiger partial charge in [-0.15, -0.1) is 5.10 Å². The molecule has 1 aromatic heterocycles. The summed E-state index contributed by atoms with van der Waals surface area (Å²) >= 11 is 0. The highest BCUT2D eigenvalue weighted by atomic mass is 16.5. The molecule has 0 saturated carbocycles. The average Bonchev–Trinajstić information content (AvgIpc) is 3.43. The normalized spacial score (nSPS) is 13.1. The van der Waals surface area contributed by atoms with Crippen LogP contribution in [0.3, 0.4) is 0 Å². The number of carbonyl (C=O) groups excluding carboxylic acids is 4. The average molecular weight is 571 g/mol. The number of hydrogen-bond donors (Lipinski definition) is 3. The van der Waals surface area contributed by atoms with E-state index in [-0.39, 0.29) is 18.9 Å². The lowest BCUT2D eigenvalue weighted by Gasteiger charge is -2.25. The van der Waals surface area contributed by atoms with E-state index in [1.807, 2.05) is 60.7 Å². The molecule has 0 aliphatic heterocycles. The van der Waals surface area contributed by atoms with Gasteiger partial charge in [0.25, 0.3) is 5.91 Å². The van der Waals surface area contributed by atoms with Crippen LogP contribution in [0.15, 0.2) is 84.9 Å². The van der Waals surface area contributed by atoms with Gasteiger partial charge in [-0.05, 0) is 36.1 Å². The van der Waals surface area contributed by atoms with E-state index in [1.54, 1.807) is 38.1 Å². The predicted octanol–water partition coefficient (Wildman–Crippen LogP) is 3.25. The number of fused-ring (bicyclic) bond motifs is 1. The topological polar surface area (TPSA) is 144 Å². The van der Waals surface area contributed by atoms with Gasteiger partial charge in [0.2, 0.25) is 11.8 Å². The number of aromatic nitrogens is 3. The summed E-state index contributed by atoms with van der Waals surface area (Å²) in [6.07, 6.45) is -0.592. The van der Waals surface area contributed by atoms with Gasteiger partial charge in [0.1, 0.15) is 30.2 Å². The van der Waals surface area contributed by atoms with Gasteiger partial charge < -0.3 is 20.7 Å². The van der Waals surface area contributed by atoms with Gasteiger partial charge >= 0.3 is 6.09 Å². The van der Waals surface area contributed by atoms with Crippen LogP contribution in [0.4, 0.5) is 4.79 Å². The third kappa shape index (κ3) is 7.78. The molecule has 3 atom stereocenters. The standard InChI is InChI=1S/C31H34N6O5/c1-20(2)27(30(40)37-26-17-11-10-16-24(26)35-36-37)34-28(38)21(3)32-29(39)25(18-22-12-6-4-7-13-22)33-31(41)42-19-23-14-8-5-9-15-23/h4-17,20-21,25,27H,18-19H2,1-3H3,(H,32,39)(H,33,41)(H,34,38)/t21-,25-,27-/m0/s1. The zero-order chi connectivity index (χ0) is 30.1. The molecule has 218 valence electrons. The minimum atomic E-state index is -1.02. The minimum absolute atomic E-state index is 0.0385. The van der Waals surface area contributed by atoms with E-state index in [2.05, 4.69) is 26.3 Å². The maximum absolute atomic E-state index is 13.3. The fourth-order valence-corrected chi connectivity index (χ4v) is 4.30. The molecule has 3 N–H and O–H groups in total. The van der Waals surface area contributed by atoms with Gasteiger partial charge in [0.05, 0.1) is 5.52 Å². The first kappa shape index (κ1) is 29.9. The highest BCUT2D eigenvalue weighted by Crippen LogP contribution is 2.13. The Kier molecular flexibility index (Phi) is 9.99. The third-order valence-electron chi connectivity index (χ3n) is 6.65. The summed E-state index contributed by atoms with van der Waals surface area (Å²) in [7, 11) is 0. The summed E-state index contributed by atoms with van der Waals surface area (Å²) in [4.78, 5) is 52.4. The number of ether oxygens (including phenoxy) is 1. The van der Waals surface area contributed by atoms with Gasteiger partial charge in [-0.3, -0.25) is 14.4 Å². The van der Waals surface area contributed by atoms with Gasteiger partial charge in [0.15, 0.2) is 0 Å². The molecule has 3 amide bonds. The van der Waals surface area contributed by atoms with Crippen LogP contribution in [0.2, 0.25) is 0 Å². The van der Waals surface area contributed by atoms with Crippen molar-refractivity contribution in [3.63, 3.8) is 0 Å². The van der Waals surface area contributed by atoms with Crippen LogP contribution < -0.4 is 16.0 Å². The summed E-state index contributed by atoms with van der Waals surface area (Å²) in [5.41, 5.74) is 2.69. The highest BCUT2D eigenvalue weighted by molar-refractivity contribution is 5.96. The lowest BCUT2D eigenvalue weighted by Crippen LogP contribution is -2.56. The molecule has 11 heteroatoms. The van der Waals surface area contributed by atoms with Gasteiger partial charge in [0, 0.05) is 6.42 Å². The van der Waals surface area contributed by atoms with Crippen LogP contribution >= 0.6 is 0 Å². The summed E-state index contributed by atoms with van der Waals surface area (Å²) in [6, 6.07) is 22.4. The van der Waals surface area contributed by atoms with Gasteiger partial charge in [-0.1, -0.05) is 91.9 Å². The summed E-state index contributed by atoms with van der Waals surface area (Å²) in [5, 5.41) is 16.0. The number of rotatable bonds is 11. The van der Waals surface area contributed by atoms with E-state index >= 15 is 0 Å². The maximum atomic E-state index is 13.3. The Morgan fingerprint density at radius 2 is 1.38 bits per heavy atom. The van der Waals surface area contributed by atoms with E-state index in [0.29, 0.717) is 11.0 Å². The smallest absolute Gasteiger partial charge is 0.408 e. The van der Waals surface area contributed by atoms with E-state index in [9.17, 15) is 19.2 Å². The molecule has 0 saturated heterocycles. The number of hydrogen-bond acceptors (Lipinski definition) is 7. The first-order valence-corrected chi connectivity index (χ1v) is 13.7. The minimum Gasteiger partial charge on any atom is -0.445 e. The SMILES string of the molecule is CC(C)[C@H](NC(=O)[C@H](C)NC(=O)[C@H](Cc1ccccc1)NC(=O)OCc1ccccc1)C(=O)n1nnc2ccccc21. The Morgan fingerprint density at radius 1 is 0.762 bits per heavy atom. The molecule has 4 aromatic rings. The van der Waals surface area contributed by atoms with E-state index < -0.39 is 41.9 Å². The molecule has 0 radical (unpaired) electrons. The van der Waals surface area contributed by atoms with Crippen molar-refractivity contribution in [3.05, 3.63) is 96.1 Å². The van der Waals surface area contributed by atoms with Crippen LogP contribution in [-0.4, -0.2) is 56.9 Å². The summed E-state index contributed by atoms with van der Waals surface area (Å²) < 4.78 is 6.48. The number of nitrogens with zero attached hydrogens (tertiary/aromatic N) is 3. The zero-order valence-electron chi connectivity index (χ0n) is 23.7. The molecule has 1 heterocycles. The molecule has 3 aromatic carbocycles. The number of para-hydroxylation sites is 1. The summed E-state index contributed by atoms with van der Waals surface area (Å²) in [5.74, 6) is -1.87. The van der Waals surface area contributed by atoms with Crippen LogP contribution in [0.5, 0.6) is 0 Å². The van der Waals surface area contributed by atoms with E-state index in [4.69, 9.17) is 4.74 Å². The van der Waals surface area contributed by atoms with Crippen molar-refractivity contribution in [3.8, 4) is 0 Å². The fourth-order valence-electron chi connectivity index (χ4n) is 4.30. The molecule has 0 aliphatic rings. The highest BCUT2D eigenvalue weighted by Gasteiger charge is 2.31. The molecule has 42 heavy (non-hydrogen) atoms. The monoisotopic (exact) mass is 570 g/mol. The first-order valence-electron chi connectivity index (χ1n) is 13.7. The van der Waals surface area contributed by atoms with Gasteiger partial charge in [-0.2, -0.15) is 4.68 Å². The second kappa shape index (κ2) is 14.0. The number of alkyl carbamates (subject to hydrolysis) is 1. The third-order valence-corrected chi connectivity index (χ3v) is 6.65. The van der Waals surface area contributed by atoms with Crippen molar-refractivity contribution in [2.75, 3.05) is 0 Å². The van der Waals surface area contributed by atoms with Crippen LogP contribution in [0, 0.1) is 5.92 Å². The Labute approximate surface area is 243 Å². The number of amides is 3. The summed E-state index contributed by atoms with van der Waals surface area (Å²) in [6.45, 7) is 5.14. The van der Waals surface area contributed by atoms with Crippen molar-refractivity contribution in [2.24, 2.45) is 5.92 Å². The van der Waals surface area contributed by atoms with E-state index in [1.165, 1.54) is 11.6 Å². The Morgan fingerprint density at radius 3 is 2.05 bits per heavy atom. The molecular formula is C31H34N6O5. The second-order valence-electron chi connectivity index (χ2n) is 10.2. The molecule has 0 spiro atoms. The largest absolute Gasteiger partial charge is 0.445 e. The maximum Gasteiger partial charge on any atom is 0.408 e. The Hall–Kier alpha value is -5.06. The van der Waals surface area contributed by atoms with Crippen molar-refractivity contribution < 1.29 is 23.9 Å². The lowest BCUT2D eigenvalue weighted by atomic mass is 10.0. The Balaban J connectivity index is 1.41. The quantitative estimate of drug-likeness (QED) is 0.251. The van der Waals surface area contributed by atoms with Gasteiger partial charge in [-0.25, -0.2) is 4.79 Å². The second-order valence-corrected chi connectivity index (χ2v) is 10.2. The van der Waals surface area contributed by atoms with Crippen molar-refractivity contribution in [1.29, 1.82) is 0 Å². The van der Waals surface area contributed by atoms with Crippen LogP contribution in [-0.2, 0) is 27.4 Å². The molecule has 4 rings (SSSR count). The Bertz CT molecular complexity index is 1520. The fraction of sp³-hybridized carbons (Fsp3) is 0.290. The van der Waals surface area contributed by atoms with Crippen molar-refractivity contribution >= 4 is 34.8 Å². The van der Waals surface area contributed by atoms with Crippen molar-refractivity contribution in [2.45, 2.75) is 51.9 Å². The van der Waals surface area contributed by atoms with Crippen LogP contribution in [0.1, 0.15) is 36.7 Å². The number of carbonyl (C=O) groups is 4. The first-order chi connectivity index (χ1) is 20.2. The molecule has 11 nitrogen and oxygen atoms in total. The molecule has 0 unspecified atom stereocenters. The predicted molar refractivity (Wildman–Crippen MR) is 156 cm³/mol. The van der Waals surface area contributed by atoms with E-state index in [0.717, 1.165) is 11.1 Å². The molecule has 0 aliphatic carbocycles. The number of nitrogens with one attached hydrogen (secondary N) is 3. The molecule has 0 bridgehead atoms. The molecule has 0 fully saturated rings. The van der Waals surface area contributed by atoms with Crippen LogP contribution in [0.25, 0.3) is 11.0 Å². The lowest BCUT2D eigenvalue weighted by molar-refractivity contribution is -0.130.